The van der Waals surface area contributed by atoms with E-state index in [0.717, 1.165) is 11.6 Å². The lowest BCUT2D eigenvalue weighted by molar-refractivity contribution is -0.169. The van der Waals surface area contributed by atoms with Gasteiger partial charge in [-0.1, -0.05) is 6.07 Å². The number of carbonyl (C=O) groups is 1. The predicted molar refractivity (Wildman–Crippen MR) is 117 cm³/mol. The van der Waals surface area contributed by atoms with Gasteiger partial charge in [0.1, 0.15) is 11.3 Å². The molecule has 9 nitrogen and oxygen atoms in total. The molecule has 3 heterocycles. The molecule has 0 fully saturated rings. The fraction of sp³-hybridized carbons (Fsp3) is 0.286. The first kappa shape index (κ1) is 23.5. The second-order valence-corrected chi connectivity index (χ2v) is 9.81. The number of rotatable bonds is 7. The average Bonchev–Trinajstić information content (AvgIpc) is 3.36. The highest BCUT2D eigenvalue weighted by Crippen LogP contribution is 2.37. The summed E-state index contributed by atoms with van der Waals surface area (Å²) in [6.07, 6.45) is -2.53. The van der Waals surface area contributed by atoms with Gasteiger partial charge in [-0.2, -0.15) is 27.6 Å². The Hall–Kier alpha value is -3.61. The minimum atomic E-state index is -5.16. The van der Waals surface area contributed by atoms with Crippen molar-refractivity contribution in [3.63, 3.8) is 0 Å². The summed E-state index contributed by atoms with van der Waals surface area (Å²) in [7, 11) is -1.83. The van der Waals surface area contributed by atoms with Crippen LogP contribution in [0.2, 0.25) is 0 Å². The molecule has 0 aliphatic rings. The van der Waals surface area contributed by atoms with Gasteiger partial charge in [-0.15, -0.1) is 0 Å². The topological polar surface area (TPSA) is 108 Å². The first-order valence-corrected chi connectivity index (χ1v) is 12.0. The highest BCUT2D eigenvalue weighted by atomic mass is 32.2. The van der Waals surface area contributed by atoms with Crippen LogP contribution in [0.4, 0.5) is 13.2 Å². The number of fused-ring (bicyclic) bond motifs is 2. The van der Waals surface area contributed by atoms with Gasteiger partial charge < -0.3 is 13.9 Å². The van der Waals surface area contributed by atoms with Gasteiger partial charge in [0.05, 0.1) is 28.8 Å². The zero-order valence-corrected chi connectivity index (χ0v) is 18.9. The number of ether oxygens (including phenoxy) is 2. The summed E-state index contributed by atoms with van der Waals surface area (Å²) < 4.78 is 70.9. The molecule has 0 aliphatic carbocycles. The Labute approximate surface area is 191 Å². The number of halogens is 3. The van der Waals surface area contributed by atoms with Gasteiger partial charge in [0, 0.05) is 18.2 Å². The van der Waals surface area contributed by atoms with Crippen molar-refractivity contribution >= 4 is 32.3 Å². The molecule has 4 aromatic rings. The average molecular weight is 496 g/mol. The van der Waals surface area contributed by atoms with Crippen molar-refractivity contribution in [2.45, 2.75) is 12.6 Å². The van der Waals surface area contributed by atoms with Gasteiger partial charge in [-0.3, -0.25) is 4.79 Å². The number of hydrogen-bond donors (Lipinski definition) is 0. The summed E-state index contributed by atoms with van der Waals surface area (Å²) in [5, 5.41) is 5.03. The smallest absolute Gasteiger partial charge is 0.474 e. The second kappa shape index (κ2) is 8.97. The number of imidazole rings is 1. The van der Waals surface area contributed by atoms with E-state index in [0.29, 0.717) is 28.4 Å². The van der Waals surface area contributed by atoms with Crippen LogP contribution < -0.4 is 9.47 Å². The van der Waals surface area contributed by atoms with Gasteiger partial charge in [-0.25, -0.2) is 8.72 Å². The summed E-state index contributed by atoms with van der Waals surface area (Å²) in [4.78, 5) is 15.4. The molecule has 0 aliphatic heterocycles. The van der Waals surface area contributed by atoms with E-state index >= 15 is 0 Å². The Balaban J connectivity index is 1.59. The van der Waals surface area contributed by atoms with E-state index in [1.54, 1.807) is 49.7 Å². The Morgan fingerprint density at radius 3 is 2.79 bits per heavy atom. The molecule has 1 atom stereocenters. The van der Waals surface area contributed by atoms with Gasteiger partial charge in [0.2, 0.25) is 5.88 Å². The number of nitrogens with zero attached hydrogens (tertiary/aromatic N) is 4. The normalized spacial score (nSPS) is 13.7. The van der Waals surface area contributed by atoms with Crippen LogP contribution in [-0.2, 0) is 14.5 Å². The molecular formula is C21H19F3N4O5S. The summed E-state index contributed by atoms with van der Waals surface area (Å²) in [6, 6.07) is 10.5. The first-order valence-electron chi connectivity index (χ1n) is 9.93. The summed E-state index contributed by atoms with van der Waals surface area (Å²) in [6.45, 7) is -0.0407. The Kier molecular flexibility index (Phi) is 6.21. The summed E-state index contributed by atoms with van der Waals surface area (Å²) in [5.41, 5.74) is 1.47. The summed E-state index contributed by atoms with van der Waals surface area (Å²) >= 11 is 0. The number of aromatic nitrogens is 3. The van der Waals surface area contributed by atoms with Crippen molar-refractivity contribution in [1.82, 2.24) is 14.6 Å². The fourth-order valence-corrected chi connectivity index (χ4v) is 4.48. The fourth-order valence-electron chi connectivity index (χ4n) is 3.28. The first-order chi connectivity index (χ1) is 16.1. The molecule has 0 saturated heterocycles. The van der Waals surface area contributed by atoms with Crippen molar-refractivity contribution < 1.29 is 36.1 Å². The molecule has 0 saturated carbocycles. The van der Waals surface area contributed by atoms with Crippen LogP contribution in [0, 0.1) is 0 Å². The maximum absolute atomic E-state index is 12.4. The van der Waals surface area contributed by atoms with E-state index in [4.69, 9.17) is 13.9 Å². The molecule has 180 valence electrons. The second-order valence-electron chi connectivity index (χ2n) is 7.30. The van der Waals surface area contributed by atoms with E-state index in [1.165, 1.54) is 4.52 Å². The summed E-state index contributed by atoms with van der Waals surface area (Å²) in [5.74, 6) is -1.44. The SMILES string of the molecule is COc1cccc2oc(-c3c(OCCCS(C)(=O)=NC(=O)C(F)(F)F)nc4cccnn34)cc12. The third-order valence-electron chi connectivity index (χ3n) is 4.76. The number of hydrogen-bond acceptors (Lipinski definition) is 7. The molecule has 0 N–H and O–H groups in total. The quantitative estimate of drug-likeness (QED) is 0.354. The highest BCUT2D eigenvalue weighted by molar-refractivity contribution is 7.93. The van der Waals surface area contributed by atoms with E-state index in [2.05, 4.69) is 14.4 Å². The van der Waals surface area contributed by atoms with Crippen LogP contribution in [0.5, 0.6) is 11.6 Å². The Morgan fingerprint density at radius 1 is 1.26 bits per heavy atom. The van der Waals surface area contributed by atoms with Gasteiger partial charge in [0.15, 0.2) is 17.1 Å². The van der Waals surface area contributed by atoms with Gasteiger partial charge in [-0.05, 0) is 36.8 Å². The molecular weight excluding hydrogens is 477 g/mol. The molecule has 1 aromatic carbocycles. The molecule has 1 amide bonds. The molecule has 0 bridgehead atoms. The van der Waals surface area contributed by atoms with Crippen molar-refractivity contribution in [3.8, 4) is 23.1 Å². The Bertz CT molecular complexity index is 1480. The standard InChI is InChI=1S/C21H19F3N4O5S/c1-31-14-6-3-7-15-13(14)12-16(33-15)18-19(26-17-8-4-9-25-28(17)18)32-10-5-11-34(2,30)27-20(29)21(22,23)24/h3-4,6-9,12H,5,10-11H2,1-2H3. The highest BCUT2D eigenvalue weighted by Gasteiger charge is 2.39. The third kappa shape index (κ3) is 4.83. The molecule has 34 heavy (non-hydrogen) atoms. The largest absolute Gasteiger partial charge is 0.496 e. The van der Waals surface area contributed by atoms with Gasteiger partial charge >= 0.3 is 12.1 Å². The number of amides is 1. The molecule has 1 unspecified atom stereocenters. The zero-order valence-electron chi connectivity index (χ0n) is 18.0. The minimum Gasteiger partial charge on any atom is -0.496 e. The van der Waals surface area contributed by atoms with Crippen LogP contribution in [0.15, 0.2) is 51.4 Å². The zero-order chi connectivity index (χ0) is 24.5. The van der Waals surface area contributed by atoms with Crippen LogP contribution in [0.25, 0.3) is 28.1 Å². The van der Waals surface area contributed by atoms with E-state index < -0.39 is 21.8 Å². The van der Waals surface area contributed by atoms with Crippen LogP contribution in [0.1, 0.15) is 6.42 Å². The van der Waals surface area contributed by atoms with E-state index in [9.17, 15) is 22.2 Å². The molecule has 0 spiro atoms. The molecule has 3 aromatic heterocycles. The van der Waals surface area contributed by atoms with Gasteiger partial charge in [0.25, 0.3) is 0 Å². The number of benzene rings is 1. The van der Waals surface area contributed by atoms with Crippen molar-refractivity contribution in [1.29, 1.82) is 0 Å². The molecule has 0 radical (unpaired) electrons. The predicted octanol–water partition coefficient (Wildman–Crippen LogP) is 4.11. The number of carbonyl (C=O) groups excluding carboxylic acids is 1. The number of alkyl halides is 3. The molecule has 13 heteroatoms. The number of furan rings is 1. The van der Waals surface area contributed by atoms with E-state index in [1.807, 2.05) is 0 Å². The van der Waals surface area contributed by atoms with E-state index in [-0.39, 0.29) is 24.7 Å². The lowest BCUT2D eigenvalue weighted by Crippen LogP contribution is -2.22. The van der Waals surface area contributed by atoms with Crippen LogP contribution in [-0.4, -0.2) is 56.6 Å². The maximum Gasteiger partial charge on any atom is 0.474 e. The lowest BCUT2D eigenvalue weighted by atomic mass is 10.2. The van der Waals surface area contributed by atoms with Crippen molar-refractivity contribution in [2.75, 3.05) is 25.7 Å². The maximum atomic E-state index is 12.4. The lowest BCUT2D eigenvalue weighted by Gasteiger charge is -2.07. The van der Waals surface area contributed by atoms with Crippen molar-refractivity contribution in [2.24, 2.45) is 4.36 Å². The Morgan fingerprint density at radius 2 is 2.06 bits per heavy atom. The van der Waals surface area contributed by atoms with Crippen LogP contribution >= 0.6 is 0 Å². The third-order valence-corrected chi connectivity index (χ3v) is 6.36. The van der Waals surface area contributed by atoms with Crippen LogP contribution in [0.3, 0.4) is 0 Å². The van der Waals surface area contributed by atoms with Crippen molar-refractivity contribution in [3.05, 3.63) is 42.6 Å². The molecule has 4 rings (SSSR count). The number of methoxy groups -OCH3 is 1. The monoisotopic (exact) mass is 496 g/mol. The minimum absolute atomic E-state index is 0.0407.